The maximum Gasteiger partial charge on any atom is 0.237 e. The van der Waals surface area contributed by atoms with E-state index in [1.165, 1.54) is 5.69 Å². The van der Waals surface area contributed by atoms with Crippen molar-refractivity contribution in [2.45, 2.75) is 25.3 Å². The van der Waals surface area contributed by atoms with Crippen LogP contribution >= 0.6 is 0 Å². The maximum atomic E-state index is 11.9. The van der Waals surface area contributed by atoms with E-state index in [0.29, 0.717) is 0 Å². The van der Waals surface area contributed by atoms with Crippen molar-refractivity contribution in [3.8, 4) is 5.75 Å². The lowest BCUT2D eigenvalue weighted by Crippen LogP contribution is -2.47. The highest BCUT2D eigenvalue weighted by atomic mass is 16.5. The second kappa shape index (κ2) is 9.06. The third-order valence-electron chi connectivity index (χ3n) is 5.12. The number of carbonyl (C=O) groups excluding carboxylic acids is 1. The van der Waals surface area contributed by atoms with E-state index in [0.717, 1.165) is 70.8 Å². The standard InChI is InChI=1S/C19H30N4O2/c1-25-17-6-2-5-16(15-17)23-13-11-22(12-14-23)10-4-9-21-19(24)18-7-3-8-20-18/h2,5-6,15,18,20H,3-4,7-14H2,1H3,(H,21,24). The fourth-order valence-corrected chi connectivity index (χ4v) is 3.58. The monoisotopic (exact) mass is 346 g/mol. The Morgan fingerprint density at radius 2 is 2.16 bits per heavy atom. The zero-order chi connectivity index (χ0) is 17.5. The van der Waals surface area contributed by atoms with Crippen LogP contribution in [0.2, 0.25) is 0 Å². The molecular weight excluding hydrogens is 316 g/mol. The molecule has 1 atom stereocenters. The topological polar surface area (TPSA) is 56.8 Å². The van der Waals surface area contributed by atoms with E-state index >= 15 is 0 Å². The first-order chi connectivity index (χ1) is 12.3. The number of nitrogens with zero attached hydrogens (tertiary/aromatic N) is 2. The number of nitrogens with one attached hydrogen (secondary N) is 2. The number of hydrogen-bond donors (Lipinski definition) is 2. The number of carbonyl (C=O) groups is 1. The second-order valence-corrected chi connectivity index (χ2v) is 6.82. The molecule has 1 amide bonds. The molecule has 0 bridgehead atoms. The molecule has 6 heteroatoms. The van der Waals surface area contributed by atoms with Crippen molar-refractivity contribution in [3.05, 3.63) is 24.3 Å². The Balaban J connectivity index is 1.33. The molecule has 0 spiro atoms. The van der Waals surface area contributed by atoms with Gasteiger partial charge in [0.2, 0.25) is 5.91 Å². The van der Waals surface area contributed by atoms with E-state index in [2.05, 4.69) is 32.6 Å². The minimum Gasteiger partial charge on any atom is -0.497 e. The molecule has 2 heterocycles. The SMILES string of the molecule is COc1cccc(N2CCN(CCCNC(=O)C3CCCN3)CC2)c1. The van der Waals surface area contributed by atoms with E-state index in [4.69, 9.17) is 4.74 Å². The van der Waals surface area contributed by atoms with Crippen molar-refractivity contribution in [1.82, 2.24) is 15.5 Å². The molecule has 6 nitrogen and oxygen atoms in total. The van der Waals surface area contributed by atoms with Gasteiger partial charge >= 0.3 is 0 Å². The van der Waals surface area contributed by atoms with Gasteiger partial charge in [-0.3, -0.25) is 9.69 Å². The van der Waals surface area contributed by atoms with Crippen LogP contribution in [0.4, 0.5) is 5.69 Å². The number of anilines is 1. The lowest BCUT2D eigenvalue weighted by Gasteiger charge is -2.36. The summed E-state index contributed by atoms with van der Waals surface area (Å²) >= 11 is 0. The lowest BCUT2D eigenvalue weighted by atomic mass is 10.2. The summed E-state index contributed by atoms with van der Waals surface area (Å²) in [5.41, 5.74) is 1.23. The van der Waals surface area contributed by atoms with E-state index in [-0.39, 0.29) is 11.9 Å². The molecule has 138 valence electrons. The van der Waals surface area contributed by atoms with Crippen LogP contribution in [0.15, 0.2) is 24.3 Å². The average molecular weight is 346 g/mol. The third kappa shape index (κ3) is 5.09. The van der Waals surface area contributed by atoms with E-state index < -0.39 is 0 Å². The molecule has 0 aromatic heterocycles. The Bertz CT molecular complexity index is 552. The molecule has 1 aromatic rings. The molecule has 2 fully saturated rings. The molecular formula is C19H30N4O2. The number of amides is 1. The molecule has 2 aliphatic heterocycles. The molecule has 0 aliphatic carbocycles. The predicted molar refractivity (Wildman–Crippen MR) is 100 cm³/mol. The van der Waals surface area contributed by atoms with Crippen LogP contribution in [-0.2, 0) is 4.79 Å². The Hall–Kier alpha value is -1.79. The zero-order valence-electron chi connectivity index (χ0n) is 15.2. The minimum absolute atomic E-state index is 0.0337. The molecule has 2 aliphatic rings. The van der Waals surface area contributed by atoms with Gasteiger partial charge in [0.25, 0.3) is 0 Å². The second-order valence-electron chi connectivity index (χ2n) is 6.82. The van der Waals surface area contributed by atoms with E-state index in [1.54, 1.807) is 7.11 Å². The van der Waals surface area contributed by atoms with Gasteiger partial charge in [0.05, 0.1) is 13.2 Å². The van der Waals surface area contributed by atoms with Gasteiger partial charge in [-0.1, -0.05) is 6.07 Å². The zero-order valence-corrected chi connectivity index (χ0v) is 15.2. The molecule has 3 rings (SSSR count). The molecule has 2 saturated heterocycles. The Morgan fingerprint density at radius 3 is 2.88 bits per heavy atom. The maximum absolute atomic E-state index is 11.9. The van der Waals surface area contributed by atoms with Gasteiger partial charge in [-0.25, -0.2) is 0 Å². The predicted octanol–water partition coefficient (Wildman–Crippen LogP) is 1.08. The summed E-state index contributed by atoms with van der Waals surface area (Å²) in [6.07, 6.45) is 3.09. The van der Waals surface area contributed by atoms with Gasteiger partial charge < -0.3 is 20.3 Å². The highest BCUT2D eigenvalue weighted by molar-refractivity contribution is 5.81. The smallest absolute Gasteiger partial charge is 0.237 e. The molecule has 25 heavy (non-hydrogen) atoms. The normalized spacial score (nSPS) is 21.3. The molecule has 0 radical (unpaired) electrons. The Kier molecular flexibility index (Phi) is 6.53. The summed E-state index contributed by atoms with van der Waals surface area (Å²) in [7, 11) is 1.71. The van der Waals surface area contributed by atoms with Crippen molar-refractivity contribution in [2.24, 2.45) is 0 Å². The van der Waals surface area contributed by atoms with E-state index in [9.17, 15) is 4.79 Å². The van der Waals surface area contributed by atoms with Crippen LogP contribution < -0.4 is 20.3 Å². The summed E-state index contributed by atoms with van der Waals surface area (Å²) in [6, 6.07) is 8.30. The van der Waals surface area contributed by atoms with Gasteiger partial charge in [-0.15, -0.1) is 0 Å². The molecule has 0 saturated carbocycles. The third-order valence-corrected chi connectivity index (χ3v) is 5.12. The minimum atomic E-state index is 0.0337. The van der Waals surface area contributed by atoms with Gasteiger partial charge in [-0.05, 0) is 44.5 Å². The summed E-state index contributed by atoms with van der Waals surface area (Å²) in [4.78, 5) is 16.8. The highest BCUT2D eigenvalue weighted by Gasteiger charge is 2.21. The van der Waals surface area contributed by atoms with Crippen molar-refractivity contribution in [3.63, 3.8) is 0 Å². The number of hydrogen-bond acceptors (Lipinski definition) is 5. The van der Waals surface area contributed by atoms with Gasteiger partial charge in [0.1, 0.15) is 5.75 Å². The summed E-state index contributed by atoms with van der Waals surface area (Å²) in [6.45, 7) is 6.98. The summed E-state index contributed by atoms with van der Waals surface area (Å²) in [5.74, 6) is 1.08. The van der Waals surface area contributed by atoms with Crippen molar-refractivity contribution >= 4 is 11.6 Å². The van der Waals surface area contributed by atoms with Crippen LogP contribution in [-0.4, -0.2) is 69.8 Å². The van der Waals surface area contributed by atoms with Crippen molar-refractivity contribution in [2.75, 3.05) is 57.8 Å². The Morgan fingerprint density at radius 1 is 1.32 bits per heavy atom. The van der Waals surface area contributed by atoms with E-state index in [1.807, 2.05) is 12.1 Å². The molecule has 1 unspecified atom stereocenters. The van der Waals surface area contributed by atoms with Crippen LogP contribution in [0, 0.1) is 0 Å². The summed E-state index contributed by atoms with van der Waals surface area (Å²) in [5, 5.41) is 6.30. The lowest BCUT2D eigenvalue weighted by molar-refractivity contribution is -0.122. The first kappa shape index (κ1) is 18.0. The fraction of sp³-hybridized carbons (Fsp3) is 0.632. The highest BCUT2D eigenvalue weighted by Crippen LogP contribution is 2.22. The average Bonchev–Trinajstić information content (AvgIpc) is 3.20. The molecule has 1 aromatic carbocycles. The van der Waals surface area contributed by atoms with Crippen LogP contribution in [0.5, 0.6) is 5.75 Å². The van der Waals surface area contributed by atoms with Crippen molar-refractivity contribution < 1.29 is 9.53 Å². The first-order valence-electron chi connectivity index (χ1n) is 9.39. The van der Waals surface area contributed by atoms with Gasteiger partial charge in [0, 0.05) is 44.5 Å². The molecule has 2 N–H and O–H groups in total. The largest absolute Gasteiger partial charge is 0.497 e. The summed E-state index contributed by atoms with van der Waals surface area (Å²) < 4.78 is 5.31. The number of benzene rings is 1. The van der Waals surface area contributed by atoms with Crippen molar-refractivity contribution in [1.29, 1.82) is 0 Å². The number of ether oxygens (including phenoxy) is 1. The van der Waals surface area contributed by atoms with Crippen LogP contribution in [0.25, 0.3) is 0 Å². The van der Waals surface area contributed by atoms with Gasteiger partial charge in [-0.2, -0.15) is 0 Å². The Labute approximate surface area is 150 Å². The van der Waals surface area contributed by atoms with Gasteiger partial charge in [0.15, 0.2) is 0 Å². The first-order valence-corrected chi connectivity index (χ1v) is 9.39. The quantitative estimate of drug-likeness (QED) is 0.724. The fourth-order valence-electron chi connectivity index (χ4n) is 3.58. The number of piperazine rings is 1. The van der Waals surface area contributed by atoms with Crippen LogP contribution in [0.1, 0.15) is 19.3 Å². The van der Waals surface area contributed by atoms with Crippen LogP contribution in [0.3, 0.4) is 0 Å². The number of methoxy groups -OCH3 is 1. The number of rotatable bonds is 7.